The number of hydrogen-bond donors (Lipinski definition) is 1. The van der Waals surface area contributed by atoms with Gasteiger partial charge in [-0.05, 0) is 43.2 Å². The molecule has 16 heavy (non-hydrogen) atoms. The summed E-state index contributed by atoms with van der Waals surface area (Å²) in [5.74, 6) is 0. The van der Waals surface area contributed by atoms with Crippen molar-refractivity contribution in [1.82, 2.24) is 4.90 Å². The molecule has 2 aliphatic rings. The Morgan fingerprint density at radius 1 is 1.12 bits per heavy atom. The van der Waals surface area contributed by atoms with Gasteiger partial charge in [0.1, 0.15) is 6.23 Å². The van der Waals surface area contributed by atoms with Crippen molar-refractivity contribution in [3.8, 4) is 0 Å². The molecule has 1 N–H and O–H groups in total. The molecule has 2 unspecified atom stereocenters. The molecular formula is C14H19NO. The smallest absolute Gasteiger partial charge is 0.107 e. The van der Waals surface area contributed by atoms with Gasteiger partial charge in [-0.1, -0.05) is 24.3 Å². The summed E-state index contributed by atoms with van der Waals surface area (Å²) >= 11 is 0. The molecule has 2 nitrogen and oxygen atoms in total. The summed E-state index contributed by atoms with van der Waals surface area (Å²) in [4.78, 5) is 2.29. The molecule has 86 valence electrons. The Bertz CT molecular complexity index is 377. The molecule has 0 amide bonds. The standard InChI is InChI=1S/C14H19NO/c16-14-9-4-10-15(14)13-8-3-6-11-5-1-2-7-12(11)13/h1-2,5,7,13-14,16H,3-4,6,8-10H2. The number of aryl methyl sites for hydroxylation is 1. The van der Waals surface area contributed by atoms with E-state index in [1.807, 2.05) is 0 Å². The van der Waals surface area contributed by atoms with Crippen LogP contribution in [0.4, 0.5) is 0 Å². The Morgan fingerprint density at radius 2 is 2.00 bits per heavy atom. The summed E-state index contributed by atoms with van der Waals surface area (Å²) in [6, 6.07) is 9.19. The van der Waals surface area contributed by atoms with E-state index in [9.17, 15) is 5.11 Å². The Morgan fingerprint density at radius 3 is 2.81 bits per heavy atom. The number of aliphatic hydroxyl groups excluding tert-OH is 1. The highest BCUT2D eigenvalue weighted by molar-refractivity contribution is 5.32. The Kier molecular flexibility index (Phi) is 2.70. The minimum Gasteiger partial charge on any atom is -0.378 e. The van der Waals surface area contributed by atoms with Crippen LogP contribution in [-0.4, -0.2) is 22.8 Å². The van der Waals surface area contributed by atoms with Gasteiger partial charge in [0.25, 0.3) is 0 Å². The van der Waals surface area contributed by atoms with E-state index in [1.165, 1.54) is 30.4 Å². The lowest BCUT2D eigenvalue weighted by Gasteiger charge is -2.35. The molecule has 2 heteroatoms. The summed E-state index contributed by atoms with van der Waals surface area (Å²) in [6.07, 6.45) is 5.53. The van der Waals surface area contributed by atoms with Crippen LogP contribution in [0.1, 0.15) is 42.9 Å². The van der Waals surface area contributed by atoms with Gasteiger partial charge in [-0.3, -0.25) is 4.90 Å². The van der Waals surface area contributed by atoms with Crippen LogP contribution in [0.3, 0.4) is 0 Å². The molecular weight excluding hydrogens is 198 g/mol. The number of nitrogens with zero attached hydrogens (tertiary/aromatic N) is 1. The molecule has 1 fully saturated rings. The summed E-state index contributed by atoms with van der Waals surface area (Å²) in [5.41, 5.74) is 2.94. The predicted octanol–water partition coefficient (Wildman–Crippen LogP) is 2.48. The van der Waals surface area contributed by atoms with Gasteiger partial charge in [-0.2, -0.15) is 0 Å². The van der Waals surface area contributed by atoms with E-state index >= 15 is 0 Å². The summed E-state index contributed by atoms with van der Waals surface area (Å²) in [7, 11) is 0. The number of rotatable bonds is 1. The fourth-order valence-corrected chi connectivity index (χ4v) is 3.21. The van der Waals surface area contributed by atoms with Crippen LogP contribution in [0, 0.1) is 0 Å². The van der Waals surface area contributed by atoms with Gasteiger partial charge >= 0.3 is 0 Å². The predicted molar refractivity (Wildman–Crippen MR) is 64.1 cm³/mol. The highest BCUT2D eigenvalue weighted by Crippen LogP contribution is 2.37. The van der Waals surface area contributed by atoms with E-state index in [0.717, 1.165) is 19.4 Å². The molecule has 1 saturated heterocycles. The van der Waals surface area contributed by atoms with E-state index < -0.39 is 0 Å². The fraction of sp³-hybridized carbons (Fsp3) is 0.571. The molecule has 0 radical (unpaired) electrons. The average Bonchev–Trinajstić information content (AvgIpc) is 2.75. The highest BCUT2D eigenvalue weighted by Gasteiger charge is 2.32. The van der Waals surface area contributed by atoms with Crippen molar-refractivity contribution < 1.29 is 5.11 Å². The second-order valence-electron chi connectivity index (χ2n) is 4.97. The maximum atomic E-state index is 9.99. The number of fused-ring (bicyclic) bond motifs is 1. The van der Waals surface area contributed by atoms with Crippen molar-refractivity contribution in [3.63, 3.8) is 0 Å². The second-order valence-corrected chi connectivity index (χ2v) is 4.97. The Labute approximate surface area is 96.9 Å². The quantitative estimate of drug-likeness (QED) is 0.781. The molecule has 2 atom stereocenters. The van der Waals surface area contributed by atoms with Crippen LogP contribution in [0.25, 0.3) is 0 Å². The van der Waals surface area contributed by atoms with Crippen LogP contribution in [-0.2, 0) is 6.42 Å². The molecule has 0 saturated carbocycles. The van der Waals surface area contributed by atoms with Crippen molar-refractivity contribution in [2.24, 2.45) is 0 Å². The first kappa shape index (κ1) is 10.3. The SMILES string of the molecule is OC1CCCN1C1CCCc2ccccc21. The van der Waals surface area contributed by atoms with Crippen LogP contribution < -0.4 is 0 Å². The third-order valence-electron chi connectivity index (χ3n) is 4.00. The van der Waals surface area contributed by atoms with Crippen LogP contribution >= 0.6 is 0 Å². The van der Waals surface area contributed by atoms with Crippen molar-refractivity contribution >= 4 is 0 Å². The lowest BCUT2D eigenvalue weighted by atomic mass is 9.87. The van der Waals surface area contributed by atoms with Crippen LogP contribution in [0.2, 0.25) is 0 Å². The monoisotopic (exact) mass is 217 g/mol. The summed E-state index contributed by atoms with van der Waals surface area (Å²) in [5, 5.41) is 9.99. The van der Waals surface area contributed by atoms with Crippen LogP contribution in [0.5, 0.6) is 0 Å². The van der Waals surface area contributed by atoms with Gasteiger partial charge in [-0.25, -0.2) is 0 Å². The molecule has 1 heterocycles. The Balaban J connectivity index is 1.92. The van der Waals surface area contributed by atoms with E-state index in [2.05, 4.69) is 29.2 Å². The molecule has 0 bridgehead atoms. The second kappa shape index (κ2) is 4.19. The van der Waals surface area contributed by atoms with Crippen molar-refractivity contribution in [2.45, 2.75) is 44.4 Å². The van der Waals surface area contributed by atoms with Gasteiger partial charge in [0.05, 0.1) is 0 Å². The van der Waals surface area contributed by atoms with Gasteiger partial charge in [-0.15, -0.1) is 0 Å². The number of hydrogen-bond acceptors (Lipinski definition) is 2. The topological polar surface area (TPSA) is 23.5 Å². The number of benzene rings is 1. The molecule has 1 aromatic rings. The van der Waals surface area contributed by atoms with Gasteiger partial charge in [0, 0.05) is 12.6 Å². The minimum atomic E-state index is -0.212. The van der Waals surface area contributed by atoms with Crippen molar-refractivity contribution in [2.75, 3.05) is 6.54 Å². The maximum Gasteiger partial charge on any atom is 0.107 e. The van der Waals surface area contributed by atoms with Gasteiger partial charge < -0.3 is 5.11 Å². The molecule has 0 spiro atoms. The number of likely N-dealkylation sites (tertiary alicyclic amines) is 1. The largest absolute Gasteiger partial charge is 0.378 e. The first-order valence-corrected chi connectivity index (χ1v) is 6.38. The van der Waals surface area contributed by atoms with E-state index in [0.29, 0.717) is 6.04 Å². The zero-order chi connectivity index (χ0) is 11.0. The third kappa shape index (κ3) is 1.66. The van der Waals surface area contributed by atoms with Crippen LogP contribution in [0.15, 0.2) is 24.3 Å². The zero-order valence-electron chi connectivity index (χ0n) is 9.60. The first-order valence-electron chi connectivity index (χ1n) is 6.38. The molecule has 1 aliphatic heterocycles. The maximum absolute atomic E-state index is 9.99. The normalized spacial score (nSPS) is 30.3. The first-order chi connectivity index (χ1) is 7.86. The summed E-state index contributed by atoms with van der Waals surface area (Å²) < 4.78 is 0. The van der Waals surface area contributed by atoms with Gasteiger partial charge in [0.15, 0.2) is 0 Å². The third-order valence-corrected chi connectivity index (χ3v) is 4.00. The Hall–Kier alpha value is -0.860. The fourth-order valence-electron chi connectivity index (χ4n) is 3.21. The molecule has 1 aromatic carbocycles. The zero-order valence-corrected chi connectivity index (χ0v) is 9.60. The number of aliphatic hydroxyl groups is 1. The molecule has 0 aromatic heterocycles. The van der Waals surface area contributed by atoms with E-state index in [1.54, 1.807) is 0 Å². The van der Waals surface area contributed by atoms with E-state index in [4.69, 9.17) is 0 Å². The summed E-state index contributed by atoms with van der Waals surface area (Å²) in [6.45, 7) is 1.06. The van der Waals surface area contributed by atoms with E-state index in [-0.39, 0.29) is 6.23 Å². The molecule has 3 rings (SSSR count). The lowest BCUT2D eigenvalue weighted by molar-refractivity contribution is 0.00277. The molecule has 1 aliphatic carbocycles. The lowest BCUT2D eigenvalue weighted by Crippen LogP contribution is -2.35. The van der Waals surface area contributed by atoms with Crippen molar-refractivity contribution in [3.05, 3.63) is 35.4 Å². The minimum absolute atomic E-state index is 0.212. The average molecular weight is 217 g/mol. The van der Waals surface area contributed by atoms with Gasteiger partial charge in [0.2, 0.25) is 0 Å². The highest BCUT2D eigenvalue weighted by atomic mass is 16.3. The van der Waals surface area contributed by atoms with Crippen molar-refractivity contribution in [1.29, 1.82) is 0 Å².